The smallest absolute Gasteiger partial charge is 0.272 e. The highest BCUT2D eigenvalue weighted by atomic mass is 127. The summed E-state index contributed by atoms with van der Waals surface area (Å²) in [4.78, 5) is 39.2. The third-order valence-electron chi connectivity index (χ3n) is 5.42. The summed E-state index contributed by atoms with van der Waals surface area (Å²) in [5.41, 5.74) is 2.11. The van der Waals surface area contributed by atoms with Crippen molar-refractivity contribution in [1.82, 2.24) is 5.32 Å². The first kappa shape index (κ1) is 29.7. The van der Waals surface area contributed by atoms with Crippen LogP contribution in [0.4, 0.5) is 11.4 Å². The molecule has 0 aromatic heterocycles. The zero-order valence-corrected chi connectivity index (χ0v) is 25.3. The highest BCUT2D eigenvalue weighted by Gasteiger charge is 2.16. The van der Waals surface area contributed by atoms with Crippen molar-refractivity contribution in [3.8, 4) is 0 Å². The fraction of sp³-hybridized carbons (Fsp3) is 0.0333. The first-order chi connectivity index (χ1) is 19.3. The molecule has 3 N–H and O–H groups in total. The fourth-order valence-corrected chi connectivity index (χ4v) is 4.86. The van der Waals surface area contributed by atoms with Crippen LogP contribution < -0.4 is 16.0 Å². The van der Waals surface area contributed by atoms with Crippen molar-refractivity contribution in [3.63, 3.8) is 0 Å². The average Bonchev–Trinajstić information content (AvgIpc) is 2.96. The molecular weight excluding hydrogens is 680 g/mol. The third kappa shape index (κ3) is 8.59. The molecule has 0 bridgehead atoms. The van der Waals surface area contributed by atoms with E-state index in [-0.39, 0.29) is 22.4 Å². The Balaban J connectivity index is 1.43. The minimum atomic E-state index is -0.544. The lowest BCUT2D eigenvalue weighted by Crippen LogP contribution is -2.30. The van der Waals surface area contributed by atoms with Crippen LogP contribution in [0.15, 0.2) is 108 Å². The number of rotatable bonds is 9. The van der Waals surface area contributed by atoms with E-state index in [0.717, 1.165) is 14.2 Å². The molecule has 202 valence electrons. The van der Waals surface area contributed by atoms with Gasteiger partial charge in [-0.2, -0.15) is 0 Å². The maximum absolute atomic E-state index is 13.2. The Morgan fingerprint density at radius 1 is 0.775 bits per heavy atom. The van der Waals surface area contributed by atoms with Gasteiger partial charge in [0.2, 0.25) is 5.91 Å². The van der Waals surface area contributed by atoms with Crippen LogP contribution in [0.25, 0.3) is 6.08 Å². The molecule has 0 saturated heterocycles. The lowest BCUT2D eigenvalue weighted by molar-refractivity contribution is -0.114. The number of carbonyl (C=O) groups is 3. The molecule has 0 aliphatic rings. The molecule has 0 radical (unpaired) electrons. The van der Waals surface area contributed by atoms with Gasteiger partial charge >= 0.3 is 0 Å². The lowest BCUT2D eigenvalue weighted by Gasteiger charge is -2.12. The van der Waals surface area contributed by atoms with Crippen LogP contribution in [0.3, 0.4) is 0 Å². The number of anilines is 2. The Morgan fingerprint density at radius 3 is 2.12 bits per heavy atom. The zero-order valence-electron chi connectivity index (χ0n) is 20.8. The molecule has 3 amide bonds. The molecule has 4 rings (SSSR count). The number of hydrogen-bond donors (Lipinski definition) is 3. The predicted octanol–water partition coefficient (Wildman–Crippen LogP) is 7.74. The molecule has 6 nitrogen and oxygen atoms in total. The second-order valence-corrected chi connectivity index (χ2v) is 11.4. The standard InChI is InChI=1S/C30H22Cl2IN3O3S/c31-25-8-4-7-20(28(25)32)17-26(36-29(38)19-5-2-1-3-6-19)30(39)35-23-13-15-24(16-14-23)40-18-27(37)34-22-11-9-21(33)10-12-22/h1-17H,18H2,(H,34,37)(H,35,39)(H,36,38)/b26-17-. The van der Waals surface area contributed by atoms with Gasteiger partial charge in [-0.1, -0.05) is 53.5 Å². The summed E-state index contributed by atoms with van der Waals surface area (Å²) in [7, 11) is 0. The molecule has 0 spiro atoms. The molecule has 4 aromatic carbocycles. The molecule has 0 saturated carbocycles. The van der Waals surface area contributed by atoms with E-state index in [2.05, 4.69) is 38.5 Å². The van der Waals surface area contributed by atoms with Gasteiger partial charge in [0, 0.05) is 25.4 Å². The Kier molecular flexibility index (Phi) is 10.7. The average molecular weight is 702 g/mol. The van der Waals surface area contributed by atoms with Gasteiger partial charge in [-0.25, -0.2) is 0 Å². The van der Waals surface area contributed by atoms with E-state index in [4.69, 9.17) is 23.2 Å². The fourth-order valence-electron chi connectivity index (χ4n) is 3.44. The predicted molar refractivity (Wildman–Crippen MR) is 172 cm³/mol. The van der Waals surface area contributed by atoms with Gasteiger partial charge in [0.1, 0.15) is 5.70 Å². The number of halogens is 3. The second kappa shape index (κ2) is 14.4. The summed E-state index contributed by atoms with van der Waals surface area (Å²) < 4.78 is 1.09. The van der Waals surface area contributed by atoms with Gasteiger partial charge in [-0.05, 0) is 101 Å². The largest absolute Gasteiger partial charge is 0.325 e. The normalized spacial score (nSPS) is 11.0. The Hall–Kier alpha value is -3.31. The van der Waals surface area contributed by atoms with Crippen LogP contribution in [0.2, 0.25) is 10.0 Å². The van der Waals surface area contributed by atoms with Gasteiger partial charge in [0.15, 0.2) is 0 Å². The Morgan fingerprint density at radius 2 is 1.43 bits per heavy atom. The van der Waals surface area contributed by atoms with Crippen molar-refractivity contribution < 1.29 is 14.4 Å². The number of amides is 3. The first-order valence-corrected chi connectivity index (χ1v) is 14.7. The molecule has 10 heteroatoms. The monoisotopic (exact) mass is 701 g/mol. The number of benzene rings is 4. The van der Waals surface area contributed by atoms with E-state index in [1.165, 1.54) is 17.8 Å². The second-order valence-electron chi connectivity index (χ2n) is 8.34. The van der Waals surface area contributed by atoms with Gasteiger partial charge in [-0.3, -0.25) is 14.4 Å². The van der Waals surface area contributed by atoms with Crippen LogP contribution in [-0.2, 0) is 9.59 Å². The van der Waals surface area contributed by atoms with E-state index >= 15 is 0 Å². The van der Waals surface area contributed by atoms with Crippen LogP contribution in [-0.4, -0.2) is 23.5 Å². The van der Waals surface area contributed by atoms with Gasteiger partial charge in [0.25, 0.3) is 11.8 Å². The number of hydrogen-bond acceptors (Lipinski definition) is 4. The molecule has 0 aliphatic carbocycles. The van der Waals surface area contributed by atoms with E-state index in [1.54, 1.807) is 72.8 Å². The molecule has 40 heavy (non-hydrogen) atoms. The lowest BCUT2D eigenvalue weighted by atomic mass is 10.1. The van der Waals surface area contributed by atoms with Crippen molar-refractivity contribution in [2.24, 2.45) is 0 Å². The first-order valence-electron chi connectivity index (χ1n) is 11.9. The van der Waals surface area contributed by atoms with Crippen LogP contribution in [0.5, 0.6) is 0 Å². The summed E-state index contributed by atoms with van der Waals surface area (Å²) in [6.07, 6.45) is 1.47. The highest BCUT2D eigenvalue weighted by Crippen LogP contribution is 2.27. The molecular formula is C30H22Cl2IN3O3S. The molecule has 0 fully saturated rings. The summed E-state index contributed by atoms with van der Waals surface area (Å²) in [5, 5.41) is 8.92. The Bertz CT molecular complexity index is 1550. The van der Waals surface area contributed by atoms with Gasteiger partial charge in [-0.15, -0.1) is 11.8 Å². The van der Waals surface area contributed by atoms with Crippen molar-refractivity contribution in [1.29, 1.82) is 0 Å². The van der Waals surface area contributed by atoms with Gasteiger partial charge < -0.3 is 16.0 Å². The third-order valence-corrected chi connectivity index (χ3v) is 7.98. The zero-order chi connectivity index (χ0) is 28.5. The number of nitrogens with one attached hydrogen (secondary N) is 3. The van der Waals surface area contributed by atoms with E-state index in [9.17, 15) is 14.4 Å². The summed E-state index contributed by atoms with van der Waals surface area (Å²) in [6, 6.07) is 28.2. The maximum atomic E-state index is 13.2. The van der Waals surface area contributed by atoms with Crippen molar-refractivity contribution >= 4 is 92.7 Å². The Labute approximate surface area is 259 Å². The summed E-state index contributed by atoms with van der Waals surface area (Å²) in [5.74, 6) is -0.878. The topological polar surface area (TPSA) is 87.3 Å². The molecule has 0 atom stereocenters. The molecule has 0 heterocycles. The van der Waals surface area contributed by atoms with Gasteiger partial charge in [0.05, 0.1) is 15.8 Å². The van der Waals surface area contributed by atoms with E-state index < -0.39 is 11.8 Å². The quantitative estimate of drug-likeness (QED) is 0.0947. The molecule has 0 unspecified atom stereocenters. The maximum Gasteiger partial charge on any atom is 0.272 e. The SMILES string of the molecule is O=C(CSc1ccc(NC(=O)/C(=C/c2cccc(Cl)c2Cl)NC(=O)c2ccccc2)cc1)Nc1ccc(I)cc1. The van der Waals surface area contributed by atoms with Crippen molar-refractivity contribution in [2.75, 3.05) is 16.4 Å². The number of carbonyl (C=O) groups excluding carboxylic acids is 3. The number of thioether (sulfide) groups is 1. The van der Waals surface area contributed by atoms with E-state index in [1.807, 2.05) is 24.3 Å². The molecule has 4 aromatic rings. The molecule has 0 aliphatic heterocycles. The highest BCUT2D eigenvalue weighted by molar-refractivity contribution is 14.1. The minimum absolute atomic E-state index is 0.0104. The van der Waals surface area contributed by atoms with Crippen molar-refractivity contribution in [3.05, 3.63) is 128 Å². The summed E-state index contributed by atoms with van der Waals surface area (Å²) in [6.45, 7) is 0. The van der Waals surface area contributed by atoms with Crippen LogP contribution >= 0.6 is 57.6 Å². The summed E-state index contributed by atoms with van der Waals surface area (Å²) >= 11 is 16.0. The van der Waals surface area contributed by atoms with E-state index in [0.29, 0.717) is 21.8 Å². The van der Waals surface area contributed by atoms with Crippen LogP contribution in [0, 0.1) is 3.57 Å². The van der Waals surface area contributed by atoms with Crippen molar-refractivity contribution in [2.45, 2.75) is 4.90 Å². The van der Waals surface area contributed by atoms with Crippen LogP contribution in [0.1, 0.15) is 15.9 Å². The minimum Gasteiger partial charge on any atom is -0.325 e.